The lowest BCUT2D eigenvalue weighted by atomic mass is 10.2. The van der Waals surface area contributed by atoms with Crippen LogP contribution in [0, 0.1) is 17.5 Å². The number of hydrogen-bond acceptors (Lipinski definition) is 4. The van der Waals surface area contributed by atoms with E-state index in [0.29, 0.717) is 0 Å². The molecule has 0 bridgehead atoms. The zero-order chi connectivity index (χ0) is 18.0. The summed E-state index contributed by atoms with van der Waals surface area (Å²) in [7, 11) is 0. The predicted molar refractivity (Wildman–Crippen MR) is 85.2 cm³/mol. The molecular formula is C17H10F3NO3S. The van der Waals surface area contributed by atoms with Crippen molar-refractivity contribution < 1.29 is 27.8 Å². The van der Waals surface area contributed by atoms with Gasteiger partial charge in [-0.05, 0) is 29.8 Å². The van der Waals surface area contributed by atoms with Crippen LogP contribution < -0.4 is 4.74 Å². The minimum Gasteiger partial charge on any atom is -0.489 e. The summed E-state index contributed by atoms with van der Waals surface area (Å²) >= 11 is 1.01. The van der Waals surface area contributed by atoms with Crippen LogP contribution in [0.3, 0.4) is 0 Å². The summed E-state index contributed by atoms with van der Waals surface area (Å²) in [5.41, 5.74) is 0.252. The SMILES string of the molecule is O=C(O)c1csc(-c2ccc(OCc3cc(F)cc(F)c3)cc2F)n1. The summed E-state index contributed by atoms with van der Waals surface area (Å²) in [6.45, 7) is -0.131. The number of nitrogens with zero attached hydrogens (tertiary/aromatic N) is 1. The van der Waals surface area contributed by atoms with Crippen LogP contribution in [-0.4, -0.2) is 16.1 Å². The van der Waals surface area contributed by atoms with Crippen LogP contribution >= 0.6 is 11.3 Å². The van der Waals surface area contributed by atoms with Crippen LogP contribution in [0.4, 0.5) is 13.2 Å². The van der Waals surface area contributed by atoms with E-state index in [4.69, 9.17) is 9.84 Å². The average molecular weight is 365 g/mol. The Morgan fingerprint density at radius 1 is 1.12 bits per heavy atom. The van der Waals surface area contributed by atoms with Crippen molar-refractivity contribution in [2.75, 3.05) is 0 Å². The summed E-state index contributed by atoms with van der Waals surface area (Å²) in [4.78, 5) is 14.7. The highest BCUT2D eigenvalue weighted by Crippen LogP contribution is 2.29. The molecule has 0 aliphatic heterocycles. The Kier molecular flexibility index (Phi) is 4.71. The number of aromatic carboxylic acids is 1. The third-order valence-corrected chi connectivity index (χ3v) is 4.10. The molecule has 0 saturated heterocycles. The first-order valence-corrected chi connectivity index (χ1v) is 7.87. The maximum Gasteiger partial charge on any atom is 0.355 e. The van der Waals surface area contributed by atoms with Crippen molar-refractivity contribution in [2.24, 2.45) is 0 Å². The van der Waals surface area contributed by atoms with Gasteiger partial charge in [-0.1, -0.05) is 0 Å². The van der Waals surface area contributed by atoms with Gasteiger partial charge in [0.15, 0.2) is 5.69 Å². The fraction of sp³-hybridized carbons (Fsp3) is 0.0588. The fourth-order valence-corrected chi connectivity index (χ4v) is 2.94. The van der Waals surface area contributed by atoms with Crippen LogP contribution in [0.1, 0.15) is 16.1 Å². The van der Waals surface area contributed by atoms with Gasteiger partial charge in [-0.2, -0.15) is 0 Å². The number of aromatic nitrogens is 1. The molecule has 0 radical (unpaired) electrons. The van der Waals surface area contributed by atoms with E-state index in [1.807, 2.05) is 0 Å². The second kappa shape index (κ2) is 6.94. The third-order valence-electron chi connectivity index (χ3n) is 3.22. The third kappa shape index (κ3) is 3.97. The minimum absolute atomic E-state index is 0.131. The first-order valence-electron chi connectivity index (χ1n) is 6.99. The van der Waals surface area contributed by atoms with Crippen LogP contribution in [0.15, 0.2) is 41.8 Å². The molecule has 0 atom stereocenters. The predicted octanol–water partition coefficient (Wildman–Crippen LogP) is 4.50. The van der Waals surface area contributed by atoms with E-state index in [-0.39, 0.29) is 34.2 Å². The van der Waals surface area contributed by atoms with Crippen molar-refractivity contribution in [3.63, 3.8) is 0 Å². The van der Waals surface area contributed by atoms with Gasteiger partial charge in [-0.3, -0.25) is 0 Å². The Morgan fingerprint density at radius 3 is 2.44 bits per heavy atom. The van der Waals surface area contributed by atoms with Crippen molar-refractivity contribution in [2.45, 2.75) is 6.61 Å². The summed E-state index contributed by atoms with van der Waals surface area (Å²) in [6, 6.07) is 6.97. The molecule has 3 rings (SSSR count). The number of ether oxygens (including phenoxy) is 1. The number of carbonyl (C=O) groups is 1. The zero-order valence-electron chi connectivity index (χ0n) is 12.5. The van der Waals surface area contributed by atoms with Gasteiger partial charge in [0.25, 0.3) is 0 Å². The van der Waals surface area contributed by atoms with Crippen molar-refractivity contribution in [1.82, 2.24) is 4.98 Å². The van der Waals surface area contributed by atoms with Gasteiger partial charge in [0.2, 0.25) is 0 Å². The maximum atomic E-state index is 14.2. The highest BCUT2D eigenvalue weighted by atomic mass is 32.1. The molecule has 1 heterocycles. The Hall–Kier alpha value is -2.87. The molecule has 0 aliphatic carbocycles. The molecule has 0 spiro atoms. The lowest BCUT2D eigenvalue weighted by Gasteiger charge is -2.08. The topological polar surface area (TPSA) is 59.4 Å². The summed E-state index contributed by atoms with van der Waals surface area (Å²) in [5.74, 6) is -3.11. The number of hydrogen-bond donors (Lipinski definition) is 1. The highest BCUT2D eigenvalue weighted by molar-refractivity contribution is 7.13. The molecule has 2 aromatic carbocycles. The molecule has 0 aliphatic rings. The molecule has 0 fully saturated rings. The lowest BCUT2D eigenvalue weighted by molar-refractivity contribution is 0.0691. The van der Waals surface area contributed by atoms with Crippen LogP contribution in [0.2, 0.25) is 0 Å². The molecule has 1 aromatic heterocycles. The van der Waals surface area contributed by atoms with Gasteiger partial charge in [-0.15, -0.1) is 11.3 Å². The van der Waals surface area contributed by atoms with Crippen LogP contribution in [0.5, 0.6) is 5.75 Å². The standard InChI is InChI=1S/C17H10F3NO3S/c18-10-3-9(4-11(19)5-10)7-24-12-1-2-13(14(20)6-12)16-21-15(8-25-16)17(22)23/h1-6,8H,7H2,(H,22,23). The molecule has 25 heavy (non-hydrogen) atoms. The van der Waals surface area contributed by atoms with E-state index in [1.54, 1.807) is 0 Å². The molecular weight excluding hydrogens is 355 g/mol. The van der Waals surface area contributed by atoms with Gasteiger partial charge >= 0.3 is 5.97 Å². The zero-order valence-corrected chi connectivity index (χ0v) is 13.3. The van der Waals surface area contributed by atoms with E-state index in [2.05, 4.69) is 4.98 Å². The van der Waals surface area contributed by atoms with E-state index < -0.39 is 23.4 Å². The second-order valence-electron chi connectivity index (χ2n) is 5.05. The summed E-state index contributed by atoms with van der Waals surface area (Å²) < 4.78 is 45.8. The normalized spacial score (nSPS) is 10.7. The number of benzene rings is 2. The lowest BCUT2D eigenvalue weighted by Crippen LogP contribution is -1.98. The summed E-state index contributed by atoms with van der Waals surface area (Å²) in [6.07, 6.45) is 0. The first-order chi connectivity index (χ1) is 11.9. The molecule has 3 aromatic rings. The van der Waals surface area contributed by atoms with Crippen LogP contribution in [-0.2, 0) is 6.61 Å². The van der Waals surface area contributed by atoms with Crippen LogP contribution in [0.25, 0.3) is 10.6 Å². The van der Waals surface area contributed by atoms with E-state index in [1.165, 1.54) is 17.5 Å². The van der Waals surface area contributed by atoms with Crippen molar-refractivity contribution in [3.8, 4) is 16.3 Å². The van der Waals surface area contributed by atoms with Gasteiger partial charge in [0.05, 0.1) is 0 Å². The van der Waals surface area contributed by atoms with Gasteiger partial charge in [-0.25, -0.2) is 22.9 Å². The van der Waals surface area contributed by atoms with Gasteiger partial charge in [0, 0.05) is 23.1 Å². The highest BCUT2D eigenvalue weighted by Gasteiger charge is 2.14. The Bertz CT molecular complexity index is 922. The largest absolute Gasteiger partial charge is 0.489 e. The van der Waals surface area contributed by atoms with Crippen molar-refractivity contribution in [3.05, 3.63) is 70.5 Å². The van der Waals surface area contributed by atoms with E-state index >= 15 is 0 Å². The average Bonchev–Trinajstić information content (AvgIpc) is 3.02. The Balaban J connectivity index is 1.76. The maximum absolute atomic E-state index is 14.2. The van der Waals surface area contributed by atoms with Gasteiger partial charge in [0.1, 0.15) is 34.8 Å². The number of halogens is 3. The fourth-order valence-electron chi connectivity index (χ4n) is 2.12. The monoisotopic (exact) mass is 365 g/mol. The number of thiazole rings is 1. The van der Waals surface area contributed by atoms with Crippen molar-refractivity contribution in [1.29, 1.82) is 0 Å². The molecule has 0 saturated carbocycles. The first kappa shape index (κ1) is 17.0. The van der Waals surface area contributed by atoms with E-state index in [9.17, 15) is 18.0 Å². The quantitative estimate of drug-likeness (QED) is 0.723. The number of carboxylic acid groups (broad SMARTS) is 1. The molecule has 128 valence electrons. The Morgan fingerprint density at radius 2 is 1.84 bits per heavy atom. The number of carboxylic acids is 1. The second-order valence-corrected chi connectivity index (χ2v) is 5.91. The number of rotatable bonds is 5. The van der Waals surface area contributed by atoms with E-state index in [0.717, 1.165) is 35.6 Å². The Labute approximate surface area is 144 Å². The molecule has 8 heteroatoms. The molecule has 0 amide bonds. The molecule has 1 N–H and O–H groups in total. The smallest absolute Gasteiger partial charge is 0.355 e. The molecule has 0 unspecified atom stereocenters. The van der Waals surface area contributed by atoms with Gasteiger partial charge < -0.3 is 9.84 Å². The molecule has 4 nitrogen and oxygen atoms in total. The summed E-state index contributed by atoms with van der Waals surface area (Å²) in [5, 5.41) is 10.4. The minimum atomic E-state index is -1.19. The van der Waals surface area contributed by atoms with Crippen molar-refractivity contribution >= 4 is 17.3 Å².